The molecule has 0 saturated carbocycles. The number of rotatable bonds is 39. The topological polar surface area (TPSA) is 27.7 Å². The predicted molar refractivity (Wildman–Crippen MR) is 243 cm³/mol. The van der Waals surface area contributed by atoms with Crippen LogP contribution in [0, 0.1) is 47.3 Å². The van der Waals surface area contributed by atoms with E-state index in [0.29, 0.717) is 43.5 Å². The quantitative estimate of drug-likeness (QED) is 0.0493. The van der Waals surface area contributed by atoms with Crippen LogP contribution in [0.2, 0.25) is 0 Å². The maximum absolute atomic E-state index is 6.42. The molecular formula is C52H94O3. The highest BCUT2D eigenvalue weighted by Gasteiger charge is 2.14. The van der Waals surface area contributed by atoms with Gasteiger partial charge in [0.15, 0.2) is 0 Å². The van der Waals surface area contributed by atoms with E-state index in [0.717, 1.165) is 49.7 Å². The second kappa shape index (κ2) is 34.6. The molecule has 4 unspecified atom stereocenters. The summed E-state index contributed by atoms with van der Waals surface area (Å²) in [5.41, 5.74) is 1.20. The summed E-state index contributed by atoms with van der Waals surface area (Å²) in [6.07, 6.45) is 30.7. The fourth-order valence-electron chi connectivity index (χ4n) is 7.90. The van der Waals surface area contributed by atoms with Gasteiger partial charge in [0.05, 0.1) is 19.8 Å². The van der Waals surface area contributed by atoms with Gasteiger partial charge in [-0.05, 0) is 78.6 Å². The predicted octanol–water partition coefficient (Wildman–Crippen LogP) is 15.9. The minimum atomic E-state index is -0.0155. The van der Waals surface area contributed by atoms with Gasteiger partial charge in [-0.25, -0.2) is 0 Å². The molecule has 9 atom stereocenters. The highest BCUT2D eigenvalue weighted by atomic mass is 16.6. The molecule has 0 amide bonds. The largest absolute Gasteiger partial charge is 0.379 e. The first-order valence-corrected chi connectivity index (χ1v) is 23.6. The average Bonchev–Trinajstić information content (AvgIpc) is 3.16. The summed E-state index contributed by atoms with van der Waals surface area (Å²) in [4.78, 5) is 0. The van der Waals surface area contributed by atoms with Crippen molar-refractivity contribution in [3.8, 4) is 0 Å². The average molecular weight is 767 g/mol. The summed E-state index contributed by atoms with van der Waals surface area (Å²) in [5.74, 6) is 6.10. The van der Waals surface area contributed by atoms with Gasteiger partial charge in [0.2, 0.25) is 0 Å². The molecule has 0 bridgehead atoms. The molecule has 0 N–H and O–H groups in total. The number of benzene rings is 1. The molecule has 1 aromatic carbocycles. The monoisotopic (exact) mass is 767 g/mol. The number of allylic oxidation sites excluding steroid dienone is 2. The minimum absolute atomic E-state index is 0.0155. The summed E-state index contributed by atoms with van der Waals surface area (Å²) < 4.78 is 18.8. The Bertz CT molecular complexity index is 992. The molecule has 0 saturated heterocycles. The third-order valence-corrected chi connectivity index (χ3v) is 12.5. The zero-order valence-electron chi connectivity index (χ0n) is 38.1. The summed E-state index contributed by atoms with van der Waals surface area (Å²) in [6.45, 7) is 30.4. The number of hydrogen-bond acceptors (Lipinski definition) is 3. The van der Waals surface area contributed by atoms with Gasteiger partial charge in [-0.1, -0.05) is 201 Å². The van der Waals surface area contributed by atoms with Gasteiger partial charge in [0, 0.05) is 13.2 Å². The van der Waals surface area contributed by atoms with Crippen molar-refractivity contribution in [3.63, 3.8) is 0 Å². The molecular weight excluding hydrogens is 673 g/mol. The van der Waals surface area contributed by atoms with Gasteiger partial charge in [-0.15, -0.1) is 13.2 Å². The lowest BCUT2D eigenvalue weighted by atomic mass is 9.90. The van der Waals surface area contributed by atoms with E-state index in [9.17, 15) is 0 Å². The van der Waals surface area contributed by atoms with Crippen LogP contribution in [0.15, 0.2) is 55.6 Å². The Morgan fingerprint density at radius 1 is 0.436 bits per heavy atom. The van der Waals surface area contributed by atoms with E-state index in [-0.39, 0.29) is 6.10 Å². The molecule has 0 aliphatic carbocycles. The van der Waals surface area contributed by atoms with Crippen LogP contribution in [0.5, 0.6) is 0 Å². The zero-order chi connectivity index (χ0) is 40.5. The van der Waals surface area contributed by atoms with E-state index in [4.69, 9.17) is 14.2 Å². The Hall–Kier alpha value is -1.42. The van der Waals surface area contributed by atoms with Gasteiger partial charge in [0.25, 0.3) is 0 Å². The lowest BCUT2D eigenvalue weighted by Gasteiger charge is -2.21. The highest BCUT2D eigenvalue weighted by Crippen LogP contribution is 2.25. The van der Waals surface area contributed by atoms with E-state index in [1.54, 1.807) is 0 Å². The first kappa shape index (κ1) is 51.6. The summed E-state index contributed by atoms with van der Waals surface area (Å²) >= 11 is 0. The van der Waals surface area contributed by atoms with Gasteiger partial charge in [-0.3, -0.25) is 0 Å². The van der Waals surface area contributed by atoms with Crippen LogP contribution in [0.3, 0.4) is 0 Å². The molecule has 0 heterocycles. The van der Waals surface area contributed by atoms with Crippen LogP contribution >= 0.6 is 0 Å². The molecule has 0 spiro atoms. The number of ether oxygens (including phenoxy) is 3. The maximum atomic E-state index is 6.42. The molecule has 1 rings (SSSR count). The van der Waals surface area contributed by atoms with Crippen molar-refractivity contribution >= 4 is 0 Å². The second-order valence-electron chi connectivity index (χ2n) is 18.8. The Morgan fingerprint density at radius 2 is 0.782 bits per heavy atom. The van der Waals surface area contributed by atoms with Gasteiger partial charge in [0.1, 0.15) is 6.10 Å². The van der Waals surface area contributed by atoms with Crippen LogP contribution in [0.4, 0.5) is 0 Å². The Labute approximate surface area is 344 Å². The van der Waals surface area contributed by atoms with Gasteiger partial charge >= 0.3 is 0 Å². The van der Waals surface area contributed by atoms with Crippen molar-refractivity contribution in [3.05, 3.63) is 61.2 Å². The maximum Gasteiger partial charge on any atom is 0.104 e. The molecule has 0 aliphatic heterocycles. The van der Waals surface area contributed by atoms with Crippen molar-refractivity contribution in [2.24, 2.45) is 47.3 Å². The standard InChI is InChI=1S/C52H94O3/c1-11-43(3)22-16-24-45(5)26-18-28-47(7)30-20-32-49(9)36-38-53-41-52(42-54-40-51-34-14-13-15-35-51)55-39-37-50(10)33-21-31-48(8)29-19-27-46(6)25-17-23-44(4)12-2/h11-15,34-35,43-50,52H,1-2,16-33,36-42H2,3-10H3/t43-,44-,45?,46?,47?,48?,49-,50-,52+/m1/s1. The molecule has 1 aromatic rings. The van der Waals surface area contributed by atoms with Crippen molar-refractivity contribution in [2.75, 3.05) is 26.4 Å². The van der Waals surface area contributed by atoms with Crippen molar-refractivity contribution in [2.45, 2.75) is 197 Å². The first-order chi connectivity index (χ1) is 26.5. The molecule has 0 aromatic heterocycles. The van der Waals surface area contributed by atoms with E-state index in [1.165, 1.54) is 121 Å². The van der Waals surface area contributed by atoms with Crippen LogP contribution in [0.25, 0.3) is 0 Å². The summed E-state index contributed by atoms with van der Waals surface area (Å²) in [7, 11) is 0. The smallest absolute Gasteiger partial charge is 0.104 e. The fraction of sp³-hybridized carbons (Fsp3) is 0.808. The van der Waals surface area contributed by atoms with E-state index in [1.807, 2.05) is 0 Å². The van der Waals surface area contributed by atoms with Crippen molar-refractivity contribution in [1.82, 2.24) is 0 Å². The summed E-state index contributed by atoms with van der Waals surface area (Å²) in [5, 5.41) is 0. The summed E-state index contributed by atoms with van der Waals surface area (Å²) in [6, 6.07) is 10.5. The minimum Gasteiger partial charge on any atom is -0.379 e. The fourth-order valence-corrected chi connectivity index (χ4v) is 7.90. The van der Waals surface area contributed by atoms with Crippen LogP contribution < -0.4 is 0 Å². The number of hydrogen-bond donors (Lipinski definition) is 0. The van der Waals surface area contributed by atoms with Crippen molar-refractivity contribution in [1.29, 1.82) is 0 Å². The lowest BCUT2D eigenvalue weighted by Crippen LogP contribution is -2.27. The van der Waals surface area contributed by atoms with Crippen LogP contribution in [0.1, 0.15) is 189 Å². The zero-order valence-corrected chi connectivity index (χ0v) is 38.1. The van der Waals surface area contributed by atoms with Crippen LogP contribution in [-0.2, 0) is 20.8 Å². The highest BCUT2D eigenvalue weighted by molar-refractivity contribution is 5.13. The first-order valence-electron chi connectivity index (χ1n) is 23.6. The Balaban J connectivity index is 2.26. The molecule has 0 fully saturated rings. The van der Waals surface area contributed by atoms with Gasteiger partial charge in [-0.2, -0.15) is 0 Å². The third-order valence-electron chi connectivity index (χ3n) is 12.5. The van der Waals surface area contributed by atoms with Crippen LogP contribution in [-0.4, -0.2) is 32.5 Å². The second-order valence-corrected chi connectivity index (χ2v) is 18.8. The van der Waals surface area contributed by atoms with Gasteiger partial charge < -0.3 is 14.2 Å². The lowest BCUT2D eigenvalue weighted by molar-refractivity contribution is -0.0670. The SMILES string of the molecule is C=C[C@@H](C)CCCC(C)CCCC(C)CCC[C@@H](C)CCOC[C@@H](COCc1ccccc1)OCC[C@H](C)CCCC(C)CCCC(C)CCC[C@H](C)C=C. The molecule has 0 aliphatic rings. The molecule has 3 heteroatoms. The Kier molecular flexibility index (Phi) is 32.5. The van der Waals surface area contributed by atoms with Crippen molar-refractivity contribution < 1.29 is 14.2 Å². The normalized spacial score (nSPS) is 16.8. The molecule has 55 heavy (non-hydrogen) atoms. The van der Waals surface area contributed by atoms with E-state index in [2.05, 4.69) is 111 Å². The Morgan fingerprint density at radius 3 is 1.18 bits per heavy atom. The van der Waals surface area contributed by atoms with E-state index < -0.39 is 0 Å². The molecule has 0 radical (unpaired) electrons. The van der Waals surface area contributed by atoms with E-state index >= 15 is 0 Å². The molecule has 320 valence electrons. The molecule has 3 nitrogen and oxygen atoms in total. The third kappa shape index (κ3) is 31.3.